The van der Waals surface area contributed by atoms with Crippen molar-refractivity contribution in [1.82, 2.24) is 0 Å². The Bertz CT molecular complexity index is 766. The molecule has 0 aliphatic carbocycles. The van der Waals surface area contributed by atoms with E-state index in [9.17, 15) is 9.90 Å². The van der Waals surface area contributed by atoms with Crippen molar-refractivity contribution in [1.29, 1.82) is 0 Å². The lowest BCUT2D eigenvalue weighted by atomic mass is 9.75. The van der Waals surface area contributed by atoms with Gasteiger partial charge in [0, 0.05) is 11.4 Å². The van der Waals surface area contributed by atoms with Gasteiger partial charge in [0.05, 0.1) is 12.0 Å². The van der Waals surface area contributed by atoms with E-state index in [-0.39, 0.29) is 5.41 Å². The maximum Gasteiger partial charge on any atom is 0.309 e. The number of hydrogen-bond acceptors (Lipinski definition) is 4. The third kappa shape index (κ3) is 10.2. The molecule has 0 unspecified atom stereocenters. The highest BCUT2D eigenvalue weighted by Crippen LogP contribution is 2.35. The molecule has 2 aromatic rings. The predicted octanol–water partition coefficient (Wildman–Crippen LogP) is 5.39. The number of anilines is 2. The number of carbonyl (C=O) groups is 1. The number of nitrogen functional groups attached to an aromatic ring is 2. The first-order chi connectivity index (χ1) is 13.5. The van der Waals surface area contributed by atoms with Crippen LogP contribution in [-0.2, 0) is 4.79 Å². The second kappa shape index (κ2) is 11.1. The summed E-state index contributed by atoms with van der Waals surface area (Å²) in [6.45, 7) is 8.20. The Morgan fingerprint density at radius 1 is 0.966 bits per heavy atom. The van der Waals surface area contributed by atoms with E-state index in [0.717, 1.165) is 23.5 Å². The van der Waals surface area contributed by atoms with Gasteiger partial charge in [-0.15, -0.1) is 0 Å². The largest absolute Gasteiger partial charge is 0.493 e. The smallest absolute Gasteiger partial charge is 0.309 e. The van der Waals surface area contributed by atoms with Gasteiger partial charge in [-0.3, -0.25) is 4.79 Å². The number of carboxylic acid groups (broad SMARTS) is 1. The highest BCUT2D eigenvalue weighted by Gasteiger charge is 2.33. The maximum atomic E-state index is 11.2. The zero-order valence-corrected chi connectivity index (χ0v) is 17.9. The van der Waals surface area contributed by atoms with Crippen LogP contribution in [0.3, 0.4) is 0 Å². The van der Waals surface area contributed by atoms with Gasteiger partial charge < -0.3 is 21.3 Å². The van der Waals surface area contributed by atoms with Crippen molar-refractivity contribution < 1.29 is 14.6 Å². The first kappa shape index (κ1) is 24.1. The molecule has 0 aliphatic heterocycles. The quantitative estimate of drug-likeness (QED) is 0.314. The van der Waals surface area contributed by atoms with Crippen LogP contribution in [0.1, 0.15) is 40.5 Å². The molecule has 0 aliphatic rings. The lowest BCUT2D eigenvalue weighted by molar-refractivity contribution is -0.148. The normalized spacial score (nSPS) is 11.6. The predicted molar refractivity (Wildman–Crippen MR) is 121 cm³/mol. The lowest BCUT2D eigenvalue weighted by Gasteiger charge is -2.29. The molecule has 0 aromatic heterocycles. The number of para-hydroxylation sites is 1. The van der Waals surface area contributed by atoms with E-state index in [1.807, 2.05) is 54.6 Å². The van der Waals surface area contributed by atoms with Crippen LogP contribution >= 0.6 is 0 Å². The Hall–Kier alpha value is -2.95. The topological polar surface area (TPSA) is 98.6 Å². The van der Waals surface area contributed by atoms with E-state index >= 15 is 0 Å². The molecule has 0 spiro atoms. The van der Waals surface area contributed by atoms with Crippen molar-refractivity contribution >= 4 is 17.3 Å². The maximum absolute atomic E-state index is 11.2. The van der Waals surface area contributed by atoms with E-state index in [0.29, 0.717) is 13.0 Å². The third-order valence-electron chi connectivity index (χ3n) is 4.28. The van der Waals surface area contributed by atoms with Gasteiger partial charge in [0.1, 0.15) is 5.75 Å². The number of nitrogens with two attached hydrogens (primary N) is 2. The zero-order valence-electron chi connectivity index (χ0n) is 17.9. The van der Waals surface area contributed by atoms with Gasteiger partial charge in [-0.2, -0.15) is 0 Å². The summed E-state index contributed by atoms with van der Waals surface area (Å²) in [7, 11) is 0. The molecule has 0 atom stereocenters. The molecule has 0 saturated carbocycles. The molecule has 5 nitrogen and oxygen atoms in total. The molecule has 5 N–H and O–H groups in total. The Morgan fingerprint density at radius 3 is 2.00 bits per heavy atom. The Balaban J connectivity index is 0.000000502. The summed E-state index contributed by atoms with van der Waals surface area (Å²) in [4.78, 5) is 11.2. The van der Waals surface area contributed by atoms with Crippen LogP contribution in [0, 0.1) is 10.8 Å². The van der Waals surface area contributed by atoms with E-state index in [2.05, 4.69) is 26.0 Å². The van der Waals surface area contributed by atoms with Gasteiger partial charge in [0.25, 0.3) is 0 Å². The van der Waals surface area contributed by atoms with Crippen LogP contribution in [0.25, 0.3) is 0 Å². The van der Waals surface area contributed by atoms with Crippen molar-refractivity contribution in [3.05, 3.63) is 66.7 Å². The molecule has 2 rings (SSSR count). The summed E-state index contributed by atoms with van der Waals surface area (Å²) in [6.07, 6.45) is 5.49. The lowest BCUT2D eigenvalue weighted by Crippen LogP contribution is -2.29. The Labute approximate surface area is 174 Å². The van der Waals surface area contributed by atoms with Crippen LogP contribution in [0.5, 0.6) is 5.75 Å². The van der Waals surface area contributed by atoms with E-state index < -0.39 is 11.4 Å². The molecule has 0 fully saturated rings. The second-order valence-corrected chi connectivity index (χ2v) is 8.37. The minimum Gasteiger partial charge on any atom is -0.493 e. The molecule has 0 heterocycles. The fourth-order valence-corrected chi connectivity index (χ4v) is 2.94. The first-order valence-corrected chi connectivity index (χ1v) is 9.72. The minimum absolute atomic E-state index is 0.164. The molecule has 0 amide bonds. The molecular weight excluding hydrogens is 364 g/mol. The SMILES string of the molecule is CC(C)(/C=C\CCOc1ccc(N)cc1)CC(C)(C)C(=O)O.Nc1ccccc1. The molecule has 5 heteroatoms. The van der Waals surface area contributed by atoms with Crippen molar-refractivity contribution in [2.24, 2.45) is 10.8 Å². The highest BCUT2D eigenvalue weighted by molar-refractivity contribution is 5.73. The second-order valence-electron chi connectivity index (χ2n) is 8.37. The highest BCUT2D eigenvalue weighted by atomic mass is 16.5. The van der Waals surface area contributed by atoms with Crippen LogP contribution in [0.15, 0.2) is 66.7 Å². The van der Waals surface area contributed by atoms with Gasteiger partial charge in [0.2, 0.25) is 0 Å². The standard InChI is InChI=1S/C18H27NO3.C6H7N/c1-17(2,13-18(3,4)16(20)21)11-5-6-12-22-15-9-7-14(19)8-10-15;7-6-4-2-1-3-5-6/h5,7-11H,6,12-13,19H2,1-4H3,(H,20,21);1-5H,7H2/b11-5-;. The number of allylic oxidation sites excluding steroid dienone is 1. The summed E-state index contributed by atoms with van der Waals surface area (Å²) in [5, 5.41) is 9.21. The van der Waals surface area contributed by atoms with Crippen LogP contribution < -0.4 is 16.2 Å². The van der Waals surface area contributed by atoms with E-state index in [1.54, 1.807) is 13.8 Å². The summed E-state index contributed by atoms with van der Waals surface area (Å²) in [6, 6.07) is 16.8. The number of aliphatic carboxylic acids is 1. The number of rotatable bonds is 8. The van der Waals surface area contributed by atoms with Gasteiger partial charge in [-0.1, -0.05) is 44.2 Å². The molecule has 158 valence electrons. The van der Waals surface area contributed by atoms with E-state index in [4.69, 9.17) is 16.2 Å². The van der Waals surface area contributed by atoms with Crippen molar-refractivity contribution in [2.75, 3.05) is 18.1 Å². The average Bonchev–Trinajstić information content (AvgIpc) is 2.63. The minimum atomic E-state index is -0.763. The summed E-state index contributed by atoms with van der Waals surface area (Å²) < 4.78 is 5.61. The fraction of sp³-hybridized carbons (Fsp3) is 0.375. The van der Waals surface area contributed by atoms with Crippen LogP contribution in [0.4, 0.5) is 11.4 Å². The number of carboxylic acids is 1. The average molecular weight is 399 g/mol. The Kier molecular flexibility index (Phi) is 9.26. The zero-order chi connectivity index (χ0) is 21.9. The van der Waals surface area contributed by atoms with Crippen LogP contribution in [0.2, 0.25) is 0 Å². The fourth-order valence-electron chi connectivity index (χ4n) is 2.94. The monoisotopic (exact) mass is 398 g/mol. The summed E-state index contributed by atoms with van der Waals surface area (Å²) in [5.74, 6) is 0.0366. The molecule has 0 bridgehead atoms. The first-order valence-electron chi connectivity index (χ1n) is 9.72. The van der Waals surface area contributed by atoms with Crippen molar-refractivity contribution in [2.45, 2.75) is 40.5 Å². The van der Waals surface area contributed by atoms with Gasteiger partial charge >= 0.3 is 5.97 Å². The molecule has 0 radical (unpaired) electrons. The van der Waals surface area contributed by atoms with Gasteiger partial charge in [0.15, 0.2) is 0 Å². The number of benzene rings is 2. The number of hydrogen-bond donors (Lipinski definition) is 3. The van der Waals surface area contributed by atoms with Gasteiger partial charge in [-0.25, -0.2) is 0 Å². The summed E-state index contributed by atoms with van der Waals surface area (Å²) in [5.41, 5.74) is 11.6. The van der Waals surface area contributed by atoms with Crippen molar-refractivity contribution in [3.8, 4) is 5.75 Å². The van der Waals surface area contributed by atoms with E-state index in [1.165, 1.54) is 0 Å². The number of ether oxygens (including phenoxy) is 1. The molecule has 29 heavy (non-hydrogen) atoms. The summed E-state index contributed by atoms with van der Waals surface area (Å²) >= 11 is 0. The molecular formula is C24H34N2O3. The Morgan fingerprint density at radius 2 is 1.52 bits per heavy atom. The van der Waals surface area contributed by atoms with Gasteiger partial charge in [-0.05, 0) is 68.5 Å². The van der Waals surface area contributed by atoms with Crippen molar-refractivity contribution in [3.63, 3.8) is 0 Å². The molecule has 0 saturated heterocycles. The third-order valence-corrected chi connectivity index (χ3v) is 4.28. The molecule has 2 aromatic carbocycles. The van der Waals surface area contributed by atoms with Crippen LogP contribution in [-0.4, -0.2) is 17.7 Å².